The maximum atomic E-state index is 14.7. The Morgan fingerprint density at radius 2 is 1.74 bits per heavy atom. The molecule has 2 aliphatic heterocycles. The third-order valence-electron chi connectivity index (χ3n) is 5.95. The predicted molar refractivity (Wildman–Crippen MR) is 116 cm³/mol. The van der Waals surface area contributed by atoms with Crippen LogP contribution in [-0.4, -0.2) is 45.5 Å². The molecule has 2 heterocycles. The van der Waals surface area contributed by atoms with E-state index >= 15 is 0 Å². The molecule has 6 nitrogen and oxygen atoms in total. The average molecular weight is 477 g/mol. The summed E-state index contributed by atoms with van der Waals surface area (Å²) in [6.07, 6.45) is 2.26. The van der Waals surface area contributed by atoms with E-state index in [1.165, 1.54) is 30.9 Å². The number of amides is 3. The largest absolute Gasteiger partial charge is 0.381 e. The zero-order chi connectivity index (χ0) is 24.8. The topological polar surface area (TPSA) is 72.9 Å². The molecule has 0 atom stereocenters. The van der Waals surface area contributed by atoms with Crippen molar-refractivity contribution >= 4 is 23.2 Å². The van der Waals surface area contributed by atoms with E-state index < -0.39 is 34.9 Å². The second kappa shape index (κ2) is 8.75. The van der Waals surface area contributed by atoms with Gasteiger partial charge in [-0.2, -0.15) is 0 Å². The summed E-state index contributed by atoms with van der Waals surface area (Å²) in [5.74, 6) is -5.33. The molecule has 2 aromatic rings. The number of urea groups is 1. The highest BCUT2D eigenvalue weighted by Gasteiger charge is 2.31. The third-order valence-corrected chi connectivity index (χ3v) is 5.95. The molecule has 0 bridgehead atoms. The lowest BCUT2D eigenvalue weighted by Gasteiger charge is -2.31. The number of halogens is 4. The van der Waals surface area contributed by atoms with Crippen molar-refractivity contribution in [2.24, 2.45) is 0 Å². The van der Waals surface area contributed by atoms with Crippen molar-refractivity contribution in [1.29, 1.82) is 0 Å². The Bertz CT molecular complexity index is 1210. The molecule has 3 amide bonds. The quantitative estimate of drug-likeness (QED) is 0.515. The number of nitrogens with one attached hydrogen (secondary N) is 1. The van der Waals surface area contributed by atoms with Crippen molar-refractivity contribution in [3.05, 3.63) is 70.3 Å². The van der Waals surface area contributed by atoms with E-state index in [0.29, 0.717) is 18.5 Å². The normalized spacial score (nSPS) is 15.8. The van der Waals surface area contributed by atoms with E-state index in [0.717, 1.165) is 16.5 Å². The van der Waals surface area contributed by atoms with Crippen LogP contribution in [0.2, 0.25) is 0 Å². The molecule has 34 heavy (non-hydrogen) atoms. The lowest BCUT2D eigenvalue weighted by atomic mass is 9.98. The van der Waals surface area contributed by atoms with Gasteiger partial charge in [-0.25, -0.2) is 22.4 Å². The zero-order valence-electron chi connectivity index (χ0n) is 18.6. The number of nitrogens with zero attached hydrogens (tertiary/aromatic N) is 2. The molecule has 4 rings (SSSR count). The number of aliphatic hydroxyl groups is 1. The molecule has 0 radical (unpaired) electrons. The minimum absolute atomic E-state index is 0.0993. The molecular weight excluding hydrogens is 454 g/mol. The van der Waals surface area contributed by atoms with Crippen LogP contribution >= 0.6 is 0 Å². The average Bonchev–Trinajstić information content (AvgIpc) is 3.22. The van der Waals surface area contributed by atoms with E-state index in [2.05, 4.69) is 5.32 Å². The number of benzene rings is 2. The molecule has 180 valence electrons. The van der Waals surface area contributed by atoms with Crippen LogP contribution in [0, 0.1) is 23.3 Å². The number of carbonyl (C=O) groups is 2. The Morgan fingerprint density at radius 1 is 1.00 bits per heavy atom. The first-order chi connectivity index (χ1) is 16.0. The molecule has 2 aliphatic rings. The fraction of sp³-hybridized carbons (Fsp3) is 0.333. The third kappa shape index (κ3) is 4.50. The number of rotatable bonds is 3. The van der Waals surface area contributed by atoms with Crippen LogP contribution in [-0.2, 0) is 17.9 Å². The maximum absolute atomic E-state index is 14.7. The summed E-state index contributed by atoms with van der Waals surface area (Å²) < 4.78 is 55.6. The Labute approximate surface area is 193 Å². The Morgan fingerprint density at radius 3 is 2.35 bits per heavy atom. The van der Waals surface area contributed by atoms with Crippen molar-refractivity contribution in [2.75, 3.05) is 18.4 Å². The van der Waals surface area contributed by atoms with Crippen molar-refractivity contribution < 1.29 is 32.3 Å². The first-order valence-corrected chi connectivity index (χ1v) is 10.7. The molecular formula is C24H23F4N3O3. The van der Waals surface area contributed by atoms with Gasteiger partial charge in [-0.15, -0.1) is 0 Å². The Kier molecular flexibility index (Phi) is 6.11. The minimum atomic E-state index is -1.59. The summed E-state index contributed by atoms with van der Waals surface area (Å²) in [6, 6.07) is 4.39. The molecule has 0 aromatic heterocycles. The highest BCUT2D eigenvalue weighted by atomic mass is 19.2. The number of hydrogen-bond donors (Lipinski definition) is 2. The van der Waals surface area contributed by atoms with Gasteiger partial charge in [0.1, 0.15) is 11.4 Å². The SMILES string of the molecule is CC(C)(O)C(=O)N1CC=C(c2ccc(NC(=O)N3Cc4cc(F)c(F)c(F)c4C3)c(F)c2)CC1. The van der Waals surface area contributed by atoms with Gasteiger partial charge in [0.05, 0.1) is 12.2 Å². The second-order valence-electron chi connectivity index (χ2n) is 8.89. The molecule has 0 saturated heterocycles. The first-order valence-electron chi connectivity index (χ1n) is 10.7. The Balaban J connectivity index is 1.42. The summed E-state index contributed by atoms with van der Waals surface area (Å²) in [5, 5.41) is 12.3. The van der Waals surface area contributed by atoms with Crippen molar-refractivity contribution in [2.45, 2.75) is 39.0 Å². The van der Waals surface area contributed by atoms with Gasteiger partial charge in [0, 0.05) is 25.2 Å². The molecule has 0 unspecified atom stereocenters. The van der Waals surface area contributed by atoms with Gasteiger partial charge in [-0.3, -0.25) is 4.79 Å². The van der Waals surface area contributed by atoms with Crippen LogP contribution in [0.25, 0.3) is 5.57 Å². The summed E-state index contributed by atoms with van der Waals surface area (Å²) in [6.45, 7) is 3.10. The maximum Gasteiger partial charge on any atom is 0.322 e. The van der Waals surface area contributed by atoms with Crippen molar-refractivity contribution in [3.63, 3.8) is 0 Å². The van der Waals surface area contributed by atoms with E-state index in [-0.39, 0.29) is 42.4 Å². The minimum Gasteiger partial charge on any atom is -0.381 e. The Hall–Kier alpha value is -3.40. The fourth-order valence-corrected chi connectivity index (χ4v) is 4.10. The van der Waals surface area contributed by atoms with Crippen LogP contribution in [0.5, 0.6) is 0 Å². The van der Waals surface area contributed by atoms with Crippen molar-refractivity contribution in [1.82, 2.24) is 9.80 Å². The highest BCUT2D eigenvalue weighted by Crippen LogP contribution is 2.30. The number of anilines is 1. The van der Waals surface area contributed by atoms with E-state index in [1.54, 1.807) is 12.1 Å². The van der Waals surface area contributed by atoms with Gasteiger partial charge in [0.2, 0.25) is 0 Å². The smallest absolute Gasteiger partial charge is 0.322 e. The lowest BCUT2D eigenvalue weighted by Crippen LogP contribution is -2.46. The summed E-state index contributed by atoms with van der Waals surface area (Å²) in [4.78, 5) is 27.4. The van der Waals surface area contributed by atoms with Crippen LogP contribution < -0.4 is 5.32 Å². The molecule has 2 N–H and O–H groups in total. The van der Waals surface area contributed by atoms with Gasteiger partial charge in [0.15, 0.2) is 17.5 Å². The van der Waals surface area contributed by atoms with Crippen LogP contribution in [0.4, 0.5) is 28.0 Å². The monoisotopic (exact) mass is 477 g/mol. The van der Waals surface area contributed by atoms with Gasteiger partial charge < -0.3 is 20.2 Å². The van der Waals surface area contributed by atoms with Gasteiger partial charge in [-0.05, 0) is 55.2 Å². The first kappa shape index (κ1) is 23.7. The zero-order valence-corrected chi connectivity index (χ0v) is 18.6. The summed E-state index contributed by atoms with van der Waals surface area (Å²) in [5.41, 5.74) is -0.103. The fourth-order valence-electron chi connectivity index (χ4n) is 4.10. The lowest BCUT2D eigenvalue weighted by molar-refractivity contribution is -0.147. The molecule has 2 aromatic carbocycles. The number of carbonyl (C=O) groups excluding carboxylic acids is 2. The number of fused-ring (bicyclic) bond motifs is 1. The van der Waals surface area contributed by atoms with Crippen LogP contribution in [0.3, 0.4) is 0 Å². The molecule has 0 fully saturated rings. The standard InChI is InChI=1S/C24H23F4N3O3/c1-24(2,34)22(32)30-7-5-13(6-8-30)14-3-4-19(17(25)9-14)29-23(33)31-11-15-10-18(26)21(28)20(27)16(15)12-31/h3-5,9-10,34H,6-8,11-12H2,1-2H3,(H,29,33). The molecule has 10 heteroatoms. The molecule has 0 spiro atoms. The highest BCUT2D eigenvalue weighted by molar-refractivity contribution is 5.90. The van der Waals surface area contributed by atoms with Gasteiger partial charge in [0.25, 0.3) is 5.91 Å². The molecule has 0 saturated carbocycles. The predicted octanol–water partition coefficient (Wildman–Crippen LogP) is 4.18. The second-order valence-corrected chi connectivity index (χ2v) is 8.89. The van der Waals surface area contributed by atoms with E-state index in [9.17, 15) is 32.3 Å². The van der Waals surface area contributed by atoms with Gasteiger partial charge in [-0.1, -0.05) is 12.1 Å². The van der Waals surface area contributed by atoms with Crippen LogP contribution in [0.15, 0.2) is 30.3 Å². The summed E-state index contributed by atoms with van der Waals surface area (Å²) >= 11 is 0. The van der Waals surface area contributed by atoms with E-state index in [1.807, 2.05) is 0 Å². The van der Waals surface area contributed by atoms with E-state index in [4.69, 9.17) is 0 Å². The molecule has 0 aliphatic carbocycles. The van der Waals surface area contributed by atoms with Crippen molar-refractivity contribution in [3.8, 4) is 0 Å². The summed E-state index contributed by atoms with van der Waals surface area (Å²) in [7, 11) is 0. The van der Waals surface area contributed by atoms with Crippen LogP contribution in [0.1, 0.15) is 37.0 Å². The van der Waals surface area contributed by atoms with Gasteiger partial charge >= 0.3 is 6.03 Å². The number of hydrogen-bond acceptors (Lipinski definition) is 3.